The second kappa shape index (κ2) is 9.79. The van der Waals surface area contributed by atoms with Crippen molar-refractivity contribution in [3.63, 3.8) is 0 Å². The molecule has 140 valence electrons. The maximum Gasteiger partial charge on any atom is 0.150 e. The molecule has 2 N–H and O–H groups in total. The number of carbonyl (C=O) groups excluding carboxylic acids is 1. The molecule has 0 aliphatic carbocycles. The lowest BCUT2D eigenvalue weighted by atomic mass is 9.97. The van der Waals surface area contributed by atoms with Crippen LogP contribution in [0.3, 0.4) is 0 Å². The summed E-state index contributed by atoms with van der Waals surface area (Å²) in [7, 11) is 4.93. The van der Waals surface area contributed by atoms with Crippen LogP contribution < -0.4 is 15.4 Å². The van der Waals surface area contributed by atoms with E-state index >= 15 is 0 Å². The fourth-order valence-electron chi connectivity index (χ4n) is 2.76. The van der Waals surface area contributed by atoms with Crippen LogP contribution in [0.1, 0.15) is 10.4 Å². The molecule has 0 radical (unpaired) electrons. The number of aldehydes is 1. The minimum Gasteiger partial charge on any atom is -0.497 e. The maximum absolute atomic E-state index is 11.5. The molecule has 2 aromatic rings. The van der Waals surface area contributed by atoms with E-state index in [0.29, 0.717) is 30.2 Å². The second-order valence-electron chi connectivity index (χ2n) is 5.82. The Labute approximate surface area is 154 Å². The molecule has 0 saturated carbocycles. The Kier molecular flexibility index (Phi) is 7.44. The highest BCUT2D eigenvalue weighted by Gasteiger charge is 2.13. The monoisotopic (exact) mass is 358 g/mol. The van der Waals surface area contributed by atoms with Gasteiger partial charge in [0.2, 0.25) is 0 Å². The number of nitrogen functional groups attached to an aromatic ring is 1. The van der Waals surface area contributed by atoms with Crippen molar-refractivity contribution in [2.75, 3.05) is 58.3 Å². The first kappa shape index (κ1) is 19.8. The number of anilines is 2. The average molecular weight is 358 g/mol. The molecule has 6 heteroatoms. The number of hydrogen-bond donors (Lipinski definition) is 1. The van der Waals surface area contributed by atoms with E-state index in [1.807, 2.05) is 30.3 Å². The second-order valence-corrected chi connectivity index (χ2v) is 5.82. The summed E-state index contributed by atoms with van der Waals surface area (Å²) in [5.74, 6) is 0.632. The molecule has 0 spiro atoms. The summed E-state index contributed by atoms with van der Waals surface area (Å²) in [4.78, 5) is 13.7. The van der Waals surface area contributed by atoms with Gasteiger partial charge < -0.3 is 24.8 Å². The first-order valence-corrected chi connectivity index (χ1v) is 8.40. The minimum absolute atomic E-state index is 0.536. The Hall–Kier alpha value is -2.57. The number of carbonyl (C=O) groups is 1. The number of hydrogen-bond acceptors (Lipinski definition) is 6. The largest absolute Gasteiger partial charge is 0.497 e. The van der Waals surface area contributed by atoms with Gasteiger partial charge in [0.05, 0.1) is 20.3 Å². The number of nitrogens with zero attached hydrogens (tertiary/aromatic N) is 1. The zero-order valence-electron chi connectivity index (χ0n) is 15.5. The molecule has 0 amide bonds. The van der Waals surface area contributed by atoms with E-state index in [4.69, 9.17) is 19.9 Å². The maximum atomic E-state index is 11.5. The van der Waals surface area contributed by atoms with Crippen LogP contribution in [0.4, 0.5) is 11.4 Å². The quantitative estimate of drug-likeness (QED) is 0.520. The van der Waals surface area contributed by atoms with Gasteiger partial charge in [-0.1, -0.05) is 0 Å². The summed E-state index contributed by atoms with van der Waals surface area (Å²) in [6.45, 7) is 2.66. The molecule has 2 aromatic carbocycles. The van der Waals surface area contributed by atoms with Crippen LogP contribution >= 0.6 is 0 Å². The first-order chi connectivity index (χ1) is 12.6. The molecular formula is C20H26N2O4. The molecule has 0 bridgehead atoms. The topological polar surface area (TPSA) is 74.0 Å². The van der Waals surface area contributed by atoms with Gasteiger partial charge in [0.1, 0.15) is 5.75 Å². The van der Waals surface area contributed by atoms with Crippen LogP contribution in [0.15, 0.2) is 36.4 Å². The molecule has 26 heavy (non-hydrogen) atoms. The number of nitrogens with two attached hydrogens (primary N) is 1. The van der Waals surface area contributed by atoms with E-state index in [2.05, 4.69) is 4.90 Å². The van der Waals surface area contributed by atoms with E-state index in [-0.39, 0.29) is 0 Å². The van der Waals surface area contributed by atoms with Crippen molar-refractivity contribution in [3.8, 4) is 16.9 Å². The van der Waals surface area contributed by atoms with Crippen molar-refractivity contribution in [2.24, 2.45) is 0 Å². The van der Waals surface area contributed by atoms with E-state index < -0.39 is 0 Å². The van der Waals surface area contributed by atoms with Crippen LogP contribution in [0.25, 0.3) is 11.1 Å². The van der Waals surface area contributed by atoms with Gasteiger partial charge in [-0.15, -0.1) is 0 Å². The molecule has 0 aliphatic rings. The van der Waals surface area contributed by atoms with Crippen LogP contribution in [-0.4, -0.2) is 53.9 Å². The Morgan fingerprint density at radius 2 is 1.65 bits per heavy atom. The molecule has 0 heterocycles. The molecule has 6 nitrogen and oxygen atoms in total. The summed E-state index contributed by atoms with van der Waals surface area (Å²) in [6.07, 6.45) is 0.817. The molecule has 0 saturated heterocycles. The van der Waals surface area contributed by atoms with E-state index in [1.54, 1.807) is 27.4 Å². The van der Waals surface area contributed by atoms with Crippen molar-refractivity contribution in [1.29, 1.82) is 0 Å². The number of rotatable bonds is 10. The van der Waals surface area contributed by atoms with E-state index in [9.17, 15) is 4.79 Å². The van der Waals surface area contributed by atoms with Crippen LogP contribution in [0, 0.1) is 0 Å². The minimum atomic E-state index is 0.536. The molecular weight excluding hydrogens is 332 g/mol. The molecule has 0 aromatic heterocycles. The highest BCUT2D eigenvalue weighted by molar-refractivity contribution is 5.92. The number of ether oxygens (including phenoxy) is 3. The van der Waals surface area contributed by atoms with Gasteiger partial charge in [-0.3, -0.25) is 4.79 Å². The highest BCUT2D eigenvalue weighted by Crippen LogP contribution is 2.33. The predicted octanol–water partition coefficient (Wildman–Crippen LogP) is 2.86. The fraction of sp³-hybridized carbons (Fsp3) is 0.350. The summed E-state index contributed by atoms with van der Waals surface area (Å²) in [6, 6.07) is 11.2. The van der Waals surface area contributed by atoms with Gasteiger partial charge in [0.25, 0.3) is 0 Å². The molecule has 0 fully saturated rings. The molecule has 0 atom stereocenters. The Balaban J connectivity index is 2.44. The van der Waals surface area contributed by atoms with Gasteiger partial charge in [0.15, 0.2) is 6.29 Å². The van der Waals surface area contributed by atoms with Gasteiger partial charge in [-0.25, -0.2) is 0 Å². The van der Waals surface area contributed by atoms with Crippen molar-refractivity contribution < 1.29 is 19.0 Å². The Morgan fingerprint density at radius 1 is 0.962 bits per heavy atom. The van der Waals surface area contributed by atoms with Crippen molar-refractivity contribution in [2.45, 2.75) is 0 Å². The van der Waals surface area contributed by atoms with Gasteiger partial charge in [-0.05, 0) is 42.0 Å². The first-order valence-electron chi connectivity index (χ1n) is 8.40. The summed E-state index contributed by atoms with van der Waals surface area (Å²) < 4.78 is 15.6. The SMILES string of the molecule is COCCN(CCOC)c1ccc(N)c(-c2ccc(OC)cc2C=O)c1. The molecule has 2 rings (SSSR count). The standard InChI is InChI=1S/C20H26N2O4/c1-24-10-8-22(9-11-25-2)16-4-7-20(21)19(13-16)18-6-5-17(26-3)12-15(18)14-23/h4-7,12-14H,8-11,21H2,1-3H3. The third-order valence-electron chi connectivity index (χ3n) is 4.21. The van der Waals surface area contributed by atoms with Crippen molar-refractivity contribution in [1.82, 2.24) is 0 Å². The van der Waals surface area contributed by atoms with Gasteiger partial charge in [-0.2, -0.15) is 0 Å². The lowest BCUT2D eigenvalue weighted by Gasteiger charge is -2.25. The number of methoxy groups -OCH3 is 3. The third-order valence-corrected chi connectivity index (χ3v) is 4.21. The van der Waals surface area contributed by atoms with Crippen molar-refractivity contribution in [3.05, 3.63) is 42.0 Å². The third kappa shape index (κ3) is 4.74. The molecule has 0 aliphatic heterocycles. The van der Waals surface area contributed by atoms with Gasteiger partial charge in [0, 0.05) is 49.8 Å². The predicted molar refractivity (Wildman–Crippen MR) is 104 cm³/mol. The summed E-state index contributed by atoms with van der Waals surface area (Å²) in [5.41, 5.74) is 9.93. The van der Waals surface area contributed by atoms with Crippen molar-refractivity contribution >= 4 is 17.7 Å². The van der Waals surface area contributed by atoms with E-state index in [1.165, 1.54) is 0 Å². The van der Waals surface area contributed by atoms with Crippen LogP contribution in [0.5, 0.6) is 5.75 Å². The Bertz CT molecular complexity index is 726. The van der Waals surface area contributed by atoms with E-state index in [0.717, 1.165) is 36.2 Å². The lowest BCUT2D eigenvalue weighted by Crippen LogP contribution is -2.30. The fourth-order valence-corrected chi connectivity index (χ4v) is 2.76. The zero-order valence-corrected chi connectivity index (χ0v) is 15.5. The summed E-state index contributed by atoms with van der Waals surface area (Å²) in [5, 5.41) is 0. The highest BCUT2D eigenvalue weighted by atomic mass is 16.5. The lowest BCUT2D eigenvalue weighted by molar-refractivity contribution is 0.112. The van der Waals surface area contributed by atoms with Crippen LogP contribution in [0.2, 0.25) is 0 Å². The normalized spacial score (nSPS) is 10.6. The number of benzene rings is 2. The molecule has 0 unspecified atom stereocenters. The smallest absolute Gasteiger partial charge is 0.150 e. The summed E-state index contributed by atoms with van der Waals surface area (Å²) >= 11 is 0. The van der Waals surface area contributed by atoms with Crippen LogP contribution in [-0.2, 0) is 9.47 Å². The zero-order chi connectivity index (χ0) is 18.9. The Morgan fingerprint density at radius 3 is 2.23 bits per heavy atom. The average Bonchev–Trinajstić information content (AvgIpc) is 2.68. The van der Waals surface area contributed by atoms with Gasteiger partial charge >= 0.3 is 0 Å².